The van der Waals surface area contributed by atoms with E-state index in [4.69, 9.17) is 4.74 Å². The maximum absolute atomic E-state index is 12.5. The maximum atomic E-state index is 12.5. The lowest BCUT2D eigenvalue weighted by atomic mass is 10.2. The number of nitrogens with zero attached hydrogens (tertiary/aromatic N) is 1. The van der Waals surface area contributed by atoms with E-state index < -0.39 is 11.7 Å². The third kappa shape index (κ3) is 4.19. The summed E-state index contributed by atoms with van der Waals surface area (Å²) < 4.78 is 42.9. The Balaban J connectivity index is 2.18. The highest BCUT2D eigenvalue weighted by Gasteiger charge is 2.30. The molecular formula is C15H15F3N2O. The second kappa shape index (κ2) is 6.13. The fourth-order valence-electron chi connectivity index (χ4n) is 1.90. The molecule has 0 aliphatic carbocycles. The van der Waals surface area contributed by atoms with Crippen molar-refractivity contribution in [3.05, 3.63) is 53.2 Å². The second-order valence-corrected chi connectivity index (χ2v) is 4.61. The Morgan fingerprint density at radius 1 is 1.14 bits per heavy atom. The van der Waals surface area contributed by atoms with E-state index in [1.54, 1.807) is 6.07 Å². The van der Waals surface area contributed by atoms with Crippen LogP contribution in [0.15, 0.2) is 36.4 Å². The first-order valence-corrected chi connectivity index (χ1v) is 6.36. The summed E-state index contributed by atoms with van der Waals surface area (Å²) >= 11 is 0. The van der Waals surface area contributed by atoms with Gasteiger partial charge in [0.1, 0.15) is 5.75 Å². The summed E-state index contributed by atoms with van der Waals surface area (Å²) in [5.74, 6) is 0.677. The monoisotopic (exact) mass is 296 g/mol. The zero-order chi connectivity index (χ0) is 15.5. The van der Waals surface area contributed by atoms with E-state index in [0.717, 1.165) is 23.4 Å². The Morgan fingerprint density at radius 3 is 2.38 bits per heavy atom. The summed E-state index contributed by atoms with van der Waals surface area (Å²) in [6, 6.07) is 8.20. The number of aromatic nitrogens is 1. The molecule has 0 saturated heterocycles. The number of halogens is 3. The van der Waals surface area contributed by atoms with Crippen LogP contribution in [0.1, 0.15) is 16.8 Å². The first-order valence-electron chi connectivity index (χ1n) is 6.36. The molecule has 1 heterocycles. The minimum atomic E-state index is -4.35. The van der Waals surface area contributed by atoms with Gasteiger partial charge in [0.25, 0.3) is 0 Å². The number of hydrogen-bond acceptors (Lipinski definition) is 3. The average molecular weight is 296 g/mol. The molecular weight excluding hydrogens is 281 g/mol. The molecule has 3 nitrogen and oxygen atoms in total. The Bertz CT molecular complexity index is 609. The Labute approximate surface area is 120 Å². The van der Waals surface area contributed by atoms with Gasteiger partial charge in [-0.1, -0.05) is 0 Å². The molecule has 1 N–H and O–H groups in total. The van der Waals surface area contributed by atoms with E-state index in [2.05, 4.69) is 10.3 Å². The number of ether oxygens (including phenoxy) is 1. The van der Waals surface area contributed by atoms with Crippen LogP contribution in [-0.2, 0) is 12.7 Å². The van der Waals surface area contributed by atoms with Gasteiger partial charge in [-0.2, -0.15) is 13.2 Å². The largest absolute Gasteiger partial charge is 0.439 e. The highest BCUT2D eigenvalue weighted by Crippen LogP contribution is 2.31. The lowest BCUT2D eigenvalue weighted by molar-refractivity contribution is -0.137. The van der Waals surface area contributed by atoms with Crippen LogP contribution in [0.3, 0.4) is 0 Å². The van der Waals surface area contributed by atoms with Crippen molar-refractivity contribution in [3.8, 4) is 11.6 Å². The van der Waals surface area contributed by atoms with Crippen LogP contribution in [0.5, 0.6) is 11.6 Å². The normalized spacial score (nSPS) is 11.5. The third-order valence-electron chi connectivity index (χ3n) is 2.77. The van der Waals surface area contributed by atoms with Crippen LogP contribution < -0.4 is 10.1 Å². The van der Waals surface area contributed by atoms with Gasteiger partial charge < -0.3 is 10.1 Å². The second-order valence-electron chi connectivity index (χ2n) is 4.61. The van der Waals surface area contributed by atoms with E-state index in [-0.39, 0.29) is 0 Å². The Morgan fingerprint density at radius 2 is 1.81 bits per heavy atom. The standard InChI is InChI=1S/C15H15F3N2O/c1-10-7-11(9-19-2)8-14(20-10)21-13-5-3-12(4-6-13)15(16,17)18/h3-8,19H,9H2,1-2H3. The fraction of sp³-hybridized carbons (Fsp3) is 0.267. The van der Waals surface area contributed by atoms with E-state index in [1.807, 2.05) is 20.0 Å². The molecule has 112 valence electrons. The summed E-state index contributed by atoms with van der Waals surface area (Å²) in [6.45, 7) is 2.49. The molecule has 6 heteroatoms. The number of benzene rings is 1. The van der Waals surface area contributed by atoms with Crippen LogP contribution in [0.4, 0.5) is 13.2 Å². The fourth-order valence-corrected chi connectivity index (χ4v) is 1.90. The molecule has 0 aliphatic heterocycles. The van der Waals surface area contributed by atoms with Gasteiger partial charge in [-0.3, -0.25) is 0 Å². The number of hydrogen-bond donors (Lipinski definition) is 1. The van der Waals surface area contributed by atoms with Crippen molar-refractivity contribution in [2.45, 2.75) is 19.6 Å². The minimum Gasteiger partial charge on any atom is -0.439 e. The van der Waals surface area contributed by atoms with Crippen molar-refractivity contribution < 1.29 is 17.9 Å². The molecule has 0 spiro atoms. The lowest BCUT2D eigenvalue weighted by Gasteiger charge is -2.10. The molecule has 0 atom stereocenters. The van der Waals surface area contributed by atoms with Crippen molar-refractivity contribution in [2.75, 3.05) is 7.05 Å². The highest BCUT2D eigenvalue weighted by molar-refractivity contribution is 5.33. The maximum Gasteiger partial charge on any atom is 0.416 e. The van der Waals surface area contributed by atoms with Gasteiger partial charge in [-0.25, -0.2) is 4.98 Å². The molecule has 0 bridgehead atoms. The summed E-state index contributed by atoms with van der Waals surface area (Å²) in [5.41, 5.74) is 1.07. The Hall–Kier alpha value is -2.08. The van der Waals surface area contributed by atoms with Gasteiger partial charge in [-0.15, -0.1) is 0 Å². The smallest absolute Gasteiger partial charge is 0.416 e. The van der Waals surface area contributed by atoms with Crippen LogP contribution >= 0.6 is 0 Å². The van der Waals surface area contributed by atoms with Crippen LogP contribution in [0.2, 0.25) is 0 Å². The molecule has 21 heavy (non-hydrogen) atoms. The van der Waals surface area contributed by atoms with Gasteiger partial charge in [0, 0.05) is 18.3 Å². The molecule has 2 aromatic rings. The zero-order valence-corrected chi connectivity index (χ0v) is 11.7. The lowest BCUT2D eigenvalue weighted by Crippen LogP contribution is -2.06. The van der Waals surface area contributed by atoms with Crippen molar-refractivity contribution in [3.63, 3.8) is 0 Å². The molecule has 2 rings (SSSR count). The number of pyridine rings is 1. The molecule has 0 unspecified atom stereocenters. The van der Waals surface area contributed by atoms with Gasteiger partial charge in [0.15, 0.2) is 0 Å². The van der Waals surface area contributed by atoms with Crippen molar-refractivity contribution in [2.24, 2.45) is 0 Å². The Kier molecular flexibility index (Phi) is 4.47. The van der Waals surface area contributed by atoms with E-state index in [1.165, 1.54) is 12.1 Å². The van der Waals surface area contributed by atoms with Gasteiger partial charge >= 0.3 is 6.18 Å². The summed E-state index contributed by atoms with van der Waals surface area (Å²) in [6.07, 6.45) is -4.35. The van der Waals surface area contributed by atoms with Gasteiger partial charge in [0.05, 0.1) is 5.56 Å². The molecule has 0 saturated carbocycles. The predicted molar refractivity (Wildman–Crippen MR) is 73.3 cm³/mol. The average Bonchev–Trinajstić information content (AvgIpc) is 2.38. The molecule has 0 amide bonds. The van der Waals surface area contributed by atoms with Crippen LogP contribution in [0.25, 0.3) is 0 Å². The molecule has 0 fully saturated rings. The summed E-state index contributed by atoms with van der Waals surface area (Å²) in [7, 11) is 1.83. The number of nitrogens with one attached hydrogen (secondary N) is 1. The van der Waals surface area contributed by atoms with Crippen LogP contribution in [-0.4, -0.2) is 12.0 Å². The van der Waals surface area contributed by atoms with Crippen LogP contribution in [0, 0.1) is 6.92 Å². The van der Waals surface area contributed by atoms with E-state index in [0.29, 0.717) is 18.2 Å². The molecule has 1 aromatic carbocycles. The van der Waals surface area contributed by atoms with Crippen molar-refractivity contribution >= 4 is 0 Å². The minimum absolute atomic E-state index is 0.316. The number of aryl methyl sites for hydroxylation is 1. The third-order valence-corrected chi connectivity index (χ3v) is 2.77. The number of rotatable bonds is 4. The number of alkyl halides is 3. The summed E-state index contributed by atoms with van der Waals surface area (Å²) in [4.78, 5) is 4.21. The van der Waals surface area contributed by atoms with Crippen molar-refractivity contribution in [1.29, 1.82) is 0 Å². The molecule has 0 aliphatic rings. The predicted octanol–water partition coefficient (Wildman–Crippen LogP) is 3.92. The van der Waals surface area contributed by atoms with E-state index in [9.17, 15) is 13.2 Å². The van der Waals surface area contributed by atoms with Gasteiger partial charge in [0.2, 0.25) is 5.88 Å². The topological polar surface area (TPSA) is 34.2 Å². The quantitative estimate of drug-likeness (QED) is 0.928. The first-order chi connectivity index (χ1) is 9.88. The zero-order valence-electron chi connectivity index (χ0n) is 11.7. The molecule has 1 aromatic heterocycles. The van der Waals surface area contributed by atoms with Crippen molar-refractivity contribution in [1.82, 2.24) is 10.3 Å². The van der Waals surface area contributed by atoms with Gasteiger partial charge in [-0.05, 0) is 49.9 Å². The molecule has 0 radical (unpaired) electrons. The highest BCUT2D eigenvalue weighted by atomic mass is 19.4. The van der Waals surface area contributed by atoms with E-state index >= 15 is 0 Å². The SMILES string of the molecule is CNCc1cc(C)nc(Oc2ccc(C(F)(F)F)cc2)c1. The first kappa shape index (κ1) is 15.3. The summed E-state index contributed by atoms with van der Waals surface area (Å²) in [5, 5.41) is 3.02.